The fourth-order valence-electron chi connectivity index (χ4n) is 1.80. The Balaban J connectivity index is 0.00000112. The number of thiazole rings is 1. The lowest BCUT2D eigenvalue weighted by Crippen LogP contribution is -2.22. The normalized spacial score (nSPS) is 21.6. The van der Waals surface area contributed by atoms with Crippen LogP contribution in [0, 0.1) is 5.92 Å². The third kappa shape index (κ3) is 3.67. The predicted molar refractivity (Wildman–Crippen MR) is 69.5 cm³/mol. The van der Waals surface area contributed by atoms with E-state index in [0.717, 1.165) is 23.4 Å². The molecule has 1 aliphatic rings. The summed E-state index contributed by atoms with van der Waals surface area (Å²) >= 11 is 5.14. The predicted octanol–water partition coefficient (Wildman–Crippen LogP) is 2.11. The van der Waals surface area contributed by atoms with Crippen molar-refractivity contribution >= 4 is 39.7 Å². The monoisotopic (exact) mass is 311 g/mol. The lowest BCUT2D eigenvalue weighted by Gasteiger charge is -2.13. The molecule has 1 unspecified atom stereocenters. The van der Waals surface area contributed by atoms with Gasteiger partial charge in [-0.15, -0.1) is 23.7 Å². The van der Waals surface area contributed by atoms with Crippen LogP contribution in [0.15, 0.2) is 9.98 Å². The Labute approximate surface area is 109 Å². The zero-order valence-electron chi connectivity index (χ0n) is 8.36. The molecule has 0 aromatic carbocycles. The molecular weight excluding hydrogens is 298 g/mol. The lowest BCUT2D eigenvalue weighted by molar-refractivity contribution is 0.317. The Morgan fingerprint density at radius 2 is 2.47 bits per heavy atom. The fraction of sp³-hybridized carbons (Fsp3) is 0.667. The Morgan fingerprint density at radius 1 is 1.67 bits per heavy atom. The Kier molecular flexibility index (Phi) is 5.49. The first-order valence-corrected chi connectivity index (χ1v) is 6.41. The van der Waals surface area contributed by atoms with Crippen molar-refractivity contribution in [3.63, 3.8) is 0 Å². The highest BCUT2D eigenvalue weighted by molar-refractivity contribution is 9.11. The zero-order valence-corrected chi connectivity index (χ0v) is 11.6. The third-order valence-corrected chi connectivity index (χ3v) is 4.05. The summed E-state index contributed by atoms with van der Waals surface area (Å²) in [6.45, 7) is 4.09. The summed E-state index contributed by atoms with van der Waals surface area (Å²) < 4.78 is 1.11. The minimum absolute atomic E-state index is 0. The zero-order chi connectivity index (χ0) is 9.97. The second-order valence-electron chi connectivity index (χ2n) is 3.68. The van der Waals surface area contributed by atoms with Crippen LogP contribution in [-0.4, -0.2) is 29.5 Å². The standard InChI is InChI=1S/C9H14BrN3S.ClH/c10-8-4-12-9(14-8)6-13-2-1-7(3-11)5-13;/h4,7H,1-3,5-6,11H2;1H. The van der Waals surface area contributed by atoms with Gasteiger partial charge in [-0.3, -0.25) is 4.90 Å². The van der Waals surface area contributed by atoms with E-state index in [4.69, 9.17) is 5.73 Å². The first kappa shape index (κ1) is 13.4. The summed E-state index contributed by atoms with van der Waals surface area (Å²) in [5.74, 6) is 0.693. The van der Waals surface area contributed by atoms with E-state index in [1.165, 1.54) is 18.0 Å². The van der Waals surface area contributed by atoms with Gasteiger partial charge in [-0.1, -0.05) is 0 Å². The van der Waals surface area contributed by atoms with E-state index in [1.54, 1.807) is 11.3 Å². The second kappa shape index (κ2) is 6.15. The summed E-state index contributed by atoms with van der Waals surface area (Å²) in [7, 11) is 0. The highest BCUT2D eigenvalue weighted by atomic mass is 79.9. The molecule has 1 aliphatic heterocycles. The summed E-state index contributed by atoms with van der Waals surface area (Å²) in [6.07, 6.45) is 3.11. The van der Waals surface area contributed by atoms with Gasteiger partial charge in [-0.2, -0.15) is 0 Å². The van der Waals surface area contributed by atoms with E-state index in [1.807, 2.05) is 6.20 Å². The van der Waals surface area contributed by atoms with Gasteiger partial charge in [0.25, 0.3) is 0 Å². The molecule has 2 rings (SSSR count). The highest BCUT2D eigenvalue weighted by Gasteiger charge is 2.21. The molecule has 1 saturated heterocycles. The first-order chi connectivity index (χ1) is 6.78. The summed E-state index contributed by atoms with van der Waals surface area (Å²) in [6, 6.07) is 0. The fourth-order valence-corrected chi connectivity index (χ4v) is 3.15. The van der Waals surface area contributed by atoms with Gasteiger partial charge in [-0.05, 0) is 41.4 Å². The van der Waals surface area contributed by atoms with Gasteiger partial charge >= 0.3 is 0 Å². The van der Waals surface area contributed by atoms with Crippen molar-refractivity contribution in [3.05, 3.63) is 15.0 Å². The molecule has 0 amide bonds. The number of rotatable bonds is 3. The van der Waals surface area contributed by atoms with E-state index >= 15 is 0 Å². The molecule has 0 bridgehead atoms. The Bertz CT molecular complexity index is 307. The van der Waals surface area contributed by atoms with Gasteiger partial charge in [0, 0.05) is 6.54 Å². The van der Waals surface area contributed by atoms with Gasteiger partial charge in [0.05, 0.1) is 16.5 Å². The van der Waals surface area contributed by atoms with Crippen LogP contribution in [0.5, 0.6) is 0 Å². The molecule has 15 heavy (non-hydrogen) atoms. The molecule has 1 atom stereocenters. The molecular formula is C9H15BrClN3S. The van der Waals surface area contributed by atoms with Crippen LogP contribution in [-0.2, 0) is 6.54 Å². The van der Waals surface area contributed by atoms with Crippen molar-refractivity contribution < 1.29 is 0 Å². The maximum atomic E-state index is 5.65. The van der Waals surface area contributed by atoms with Crippen molar-refractivity contribution in [1.82, 2.24) is 9.88 Å². The van der Waals surface area contributed by atoms with Gasteiger partial charge in [-0.25, -0.2) is 4.98 Å². The molecule has 6 heteroatoms. The molecule has 1 aromatic heterocycles. The van der Waals surface area contributed by atoms with E-state index in [-0.39, 0.29) is 12.4 Å². The molecule has 0 aliphatic carbocycles. The maximum absolute atomic E-state index is 5.65. The van der Waals surface area contributed by atoms with Crippen LogP contribution < -0.4 is 5.73 Å². The van der Waals surface area contributed by atoms with Gasteiger partial charge in [0.15, 0.2) is 0 Å². The number of halogens is 2. The number of nitrogens with zero attached hydrogens (tertiary/aromatic N) is 2. The third-order valence-electron chi connectivity index (χ3n) is 2.59. The average molecular weight is 313 g/mol. The Morgan fingerprint density at radius 3 is 3.00 bits per heavy atom. The molecule has 0 radical (unpaired) electrons. The van der Waals surface area contributed by atoms with E-state index < -0.39 is 0 Å². The van der Waals surface area contributed by atoms with Crippen molar-refractivity contribution in [1.29, 1.82) is 0 Å². The molecule has 0 saturated carbocycles. The molecule has 1 fully saturated rings. The van der Waals surface area contributed by atoms with E-state index in [2.05, 4.69) is 25.8 Å². The van der Waals surface area contributed by atoms with Gasteiger partial charge < -0.3 is 5.73 Å². The summed E-state index contributed by atoms with van der Waals surface area (Å²) in [5.41, 5.74) is 5.65. The van der Waals surface area contributed by atoms with E-state index in [0.29, 0.717) is 5.92 Å². The number of likely N-dealkylation sites (tertiary alicyclic amines) is 1. The van der Waals surface area contributed by atoms with Crippen molar-refractivity contribution in [3.8, 4) is 0 Å². The quantitative estimate of drug-likeness (QED) is 0.929. The molecule has 2 N–H and O–H groups in total. The maximum Gasteiger partial charge on any atom is 0.108 e. The molecule has 3 nitrogen and oxygen atoms in total. The van der Waals surface area contributed by atoms with Gasteiger partial charge in [0.1, 0.15) is 5.01 Å². The van der Waals surface area contributed by atoms with Crippen LogP contribution >= 0.6 is 39.7 Å². The minimum atomic E-state index is 0. The summed E-state index contributed by atoms with van der Waals surface area (Å²) in [5, 5.41) is 1.19. The molecule has 2 heterocycles. The van der Waals surface area contributed by atoms with Crippen molar-refractivity contribution in [2.75, 3.05) is 19.6 Å². The number of nitrogens with two attached hydrogens (primary N) is 1. The lowest BCUT2D eigenvalue weighted by atomic mass is 10.1. The smallest absolute Gasteiger partial charge is 0.108 e. The summed E-state index contributed by atoms with van der Waals surface area (Å²) in [4.78, 5) is 6.76. The Hall–Kier alpha value is 0.320. The van der Waals surface area contributed by atoms with Crippen LogP contribution in [0.3, 0.4) is 0 Å². The number of hydrogen-bond acceptors (Lipinski definition) is 4. The van der Waals surface area contributed by atoms with Crippen LogP contribution in [0.1, 0.15) is 11.4 Å². The second-order valence-corrected chi connectivity index (χ2v) is 6.18. The number of aromatic nitrogens is 1. The minimum Gasteiger partial charge on any atom is -0.330 e. The molecule has 86 valence electrons. The van der Waals surface area contributed by atoms with Crippen LogP contribution in [0.25, 0.3) is 0 Å². The highest BCUT2D eigenvalue weighted by Crippen LogP contribution is 2.23. The SMILES string of the molecule is Cl.NCC1CCN(Cc2ncc(Br)s2)C1. The average Bonchev–Trinajstić information content (AvgIpc) is 2.76. The van der Waals surface area contributed by atoms with Crippen molar-refractivity contribution in [2.24, 2.45) is 11.7 Å². The van der Waals surface area contributed by atoms with E-state index in [9.17, 15) is 0 Å². The van der Waals surface area contributed by atoms with Gasteiger partial charge in [0.2, 0.25) is 0 Å². The van der Waals surface area contributed by atoms with Crippen LogP contribution in [0.4, 0.5) is 0 Å². The molecule has 1 aromatic rings. The van der Waals surface area contributed by atoms with Crippen LogP contribution in [0.2, 0.25) is 0 Å². The largest absolute Gasteiger partial charge is 0.330 e. The topological polar surface area (TPSA) is 42.1 Å². The molecule has 0 spiro atoms. The van der Waals surface area contributed by atoms with Crippen molar-refractivity contribution in [2.45, 2.75) is 13.0 Å². The first-order valence-electron chi connectivity index (χ1n) is 4.80. The number of hydrogen-bond donors (Lipinski definition) is 1.